The van der Waals surface area contributed by atoms with Crippen molar-refractivity contribution in [2.24, 2.45) is 5.41 Å². The summed E-state index contributed by atoms with van der Waals surface area (Å²) in [7, 11) is -4.15. The molecular formula is C20H24FN3O5S. The van der Waals surface area contributed by atoms with Gasteiger partial charge in [0.2, 0.25) is 0 Å². The van der Waals surface area contributed by atoms with Crippen LogP contribution >= 0.6 is 0 Å². The number of ether oxygens (including phenoxy) is 1. The van der Waals surface area contributed by atoms with Crippen LogP contribution in [0, 0.1) is 22.6 Å². The van der Waals surface area contributed by atoms with Crippen molar-refractivity contribution in [1.82, 2.24) is 0 Å². The van der Waals surface area contributed by atoms with Crippen molar-refractivity contribution in [2.75, 3.05) is 35.2 Å². The summed E-state index contributed by atoms with van der Waals surface area (Å²) in [6.07, 6.45) is 0.802. The lowest BCUT2D eigenvalue weighted by molar-refractivity contribution is 0.139. The Bertz CT molecular complexity index is 1020. The number of rotatable bonds is 5. The predicted octanol–water partition coefficient (Wildman–Crippen LogP) is 3.12. The van der Waals surface area contributed by atoms with Gasteiger partial charge in [-0.05, 0) is 24.6 Å². The molecule has 1 N–H and O–H groups in total. The molecule has 1 aromatic carbocycles. The first-order chi connectivity index (χ1) is 14.0. The van der Waals surface area contributed by atoms with E-state index in [-0.39, 0.29) is 18.4 Å². The minimum Gasteiger partial charge on any atom is -0.444 e. The van der Waals surface area contributed by atoms with Gasteiger partial charge in [-0.15, -0.1) is 0 Å². The molecule has 2 aliphatic heterocycles. The number of carbonyl (C=O) groups is 1. The number of allylic oxidation sites excluding steroid dienone is 1. The van der Waals surface area contributed by atoms with E-state index in [0.29, 0.717) is 30.9 Å². The largest absolute Gasteiger partial charge is 0.444 e. The molecule has 8 nitrogen and oxygen atoms in total. The van der Waals surface area contributed by atoms with Crippen molar-refractivity contribution < 1.29 is 26.9 Å². The lowest BCUT2D eigenvalue weighted by Gasteiger charge is -2.41. The first kappa shape index (κ1) is 22.1. The highest BCUT2D eigenvalue weighted by atomic mass is 32.2. The van der Waals surface area contributed by atoms with Crippen molar-refractivity contribution in [3.8, 4) is 6.07 Å². The van der Waals surface area contributed by atoms with Gasteiger partial charge in [-0.1, -0.05) is 19.4 Å². The molecule has 162 valence electrons. The number of cyclic esters (lactones) is 1. The van der Waals surface area contributed by atoms with E-state index in [4.69, 9.17) is 14.6 Å². The van der Waals surface area contributed by atoms with Crippen LogP contribution in [0.25, 0.3) is 0 Å². The van der Waals surface area contributed by atoms with Crippen LogP contribution in [0.5, 0.6) is 0 Å². The number of carbonyl (C=O) groups excluding carboxylic acids is 1. The maximum atomic E-state index is 14.9. The maximum Gasteiger partial charge on any atom is 0.414 e. The molecule has 0 unspecified atom stereocenters. The lowest BCUT2D eigenvalue weighted by Crippen LogP contribution is -2.42. The number of benzene rings is 1. The van der Waals surface area contributed by atoms with Crippen LogP contribution in [0.4, 0.5) is 20.6 Å². The SMILES string of the molecule is CC1(C)CN(c2ccc(N3C[C@@H](CCS(=O)(=O)O)OC3=O)cc2F)CC/C1=C/C#N. The molecular weight excluding hydrogens is 413 g/mol. The molecule has 30 heavy (non-hydrogen) atoms. The van der Waals surface area contributed by atoms with Gasteiger partial charge in [-0.3, -0.25) is 9.45 Å². The summed E-state index contributed by atoms with van der Waals surface area (Å²) in [5.74, 6) is -0.996. The summed E-state index contributed by atoms with van der Waals surface area (Å²) >= 11 is 0. The van der Waals surface area contributed by atoms with E-state index in [1.54, 1.807) is 18.2 Å². The standard InChI is InChI=1S/C20H24FN3O5S/c1-20(2)13-23(9-6-14(20)5-8-22)18-4-3-15(11-17(18)21)24-12-16(29-19(24)25)7-10-30(26,27)28/h3-5,11,16H,6-7,9-10,12-13H2,1-2H3,(H,26,27,28)/b14-5-/t16-/m1/s1. The van der Waals surface area contributed by atoms with E-state index < -0.39 is 33.9 Å². The van der Waals surface area contributed by atoms with E-state index in [0.717, 1.165) is 5.57 Å². The lowest BCUT2D eigenvalue weighted by atomic mass is 9.78. The quantitative estimate of drug-likeness (QED) is 0.556. The Balaban J connectivity index is 1.72. The zero-order valence-electron chi connectivity index (χ0n) is 16.8. The van der Waals surface area contributed by atoms with Gasteiger partial charge in [0.05, 0.1) is 29.7 Å². The van der Waals surface area contributed by atoms with Crippen LogP contribution in [0.15, 0.2) is 29.8 Å². The summed E-state index contributed by atoms with van der Waals surface area (Å²) in [4.78, 5) is 15.3. The Morgan fingerprint density at radius 2 is 2.17 bits per heavy atom. The van der Waals surface area contributed by atoms with Crippen molar-refractivity contribution in [1.29, 1.82) is 5.26 Å². The first-order valence-electron chi connectivity index (χ1n) is 9.57. The smallest absolute Gasteiger partial charge is 0.414 e. The number of piperidine rings is 1. The van der Waals surface area contributed by atoms with Crippen LogP contribution in [-0.4, -0.2) is 50.6 Å². The van der Waals surface area contributed by atoms with Crippen LogP contribution in [0.2, 0.25) is 0 Å². The number of hydrogen-bond donors (Lipinski definition) is 1. The molecule has 1 aromatic rings. The molecule has 0 bridgehead atoms. The van der Waals surface area contributed by atoms with Gasteiger partial charge in [-0.2, -0.15) is 13.7 Å². The fraction of sp³-hybridized carbons (Fsp3) is 0.500. The Labute approximate surface area is 175 Å². The first-order valence-corrected chi connectivity index (χ1v) is 11.2. The molecule has 3 rings (SSSR count). The van der Waals surface area contributed by atoms with E-state index in [9.17, 15) is 17.6 Å². The van der Waals surface area contributed by atoms with Gasteiger partial charge in [0.25, 0.3) is 10.1 Å². The summed E-state index contributed by atoms with van der Waals surface area (Å²) in [5, 5.41) is 8.94. The van der Waals surface area contributed by atoms with Crippen LogP contribution in [0.1, 0.15) is 26.7 Å². The zero-order valence-corrected chi connectivity index (χ0v) is 17.7. The van der Waals surface area contributed by atoms with Gasteiger partial charge >= 0.3 is 6.09 Å². The number of hydrogen-bond acceptors (Lipinski definition) is 6. The molecule has 0 radical (unpaired) electrons. The van der Waals surface area contributed by atoms with E-state index in [2.05, 4.69) is 6.07 Å². The molecule has 2 aliphatic rings. The van der Waals surface area contributed by atoms with Crippen molar-refractivity contribution >= 4 is 27.6 Å². The highest BCUT2D eigenvalue weighted by Crippen LogP contribution is 2.38. The summed E-state index contributed by atoms with van der Waals surface area (Å²) in [6.45, 7) is 5.24. The van der Waals surface area contributed by atoms with E-state index in [1.165, 1.54) is 11.0 Å². The molecule has 0 aliphatic carbocycles. The highest BCUT2D eigenvalue weighted by molar-refractivity contribution is 7.85. The Hall–Kier alpha value is -2.64. The monoisotopic (exact) mass is 437 g/mol. The Morgan fingerprint density at radius 3 is 2.77 bits per heavy atom. The van der Waals surface area contributed by atoms with Gasteiger partial charge in [0.15, 0.2) is 0 Å². The average Bonchev–Trinajstić information content (AvgIpc) is 3.02. The number of amides is 1. The van der Waals surface area contributed by atoms with Crippen LogP contribution < -0.4 is 9.80 Å². The molecule has 0 spiro atoms. The molecule has 2 heterocycles. The van der Waals surface area contributed by atoms with Gasteiger partial charge in [-0.25, -0.2) is 9.18 Å². The fourth-order valence-corrected chi connectivity index (χ4v) is 4.45. The van der Waals surface area contributed by atoms with Gasteiger partial charge in [0, 0.05) is 31.0 Å². The second-order valence-electron chi connectivity index (χ2n) is 8.18. The maximum absolute atomic E-state index is 14.9. The number of anilines is 2. The summed E-state index contributed by atoms with van der Waals surface area (Å²) < 4.78 is 50.6. The minimum absolute atomic E-state index is 0.0386. The predicted molar refractivity (Wildman–Crippen MR) is 109 cm³/mol. The van der Waals surface area contributed by atoms with Crippen molar-refractivity contribution in [3.63, 3.8) is 0 Å². The topological polar surface area (TPSA) is 111 Å². The molecule has 0 saturated carbocycles. The second kappa shape index (κ2) is 8.24. The fourth-order valence-electron chi connectivity index (χ4n) is 3.89. The highest BCUT2D eigenvalue weighted by Gasteiger charge is 2.35. The molecule has 1 atom stereocenters. The third-order valence-corrected chi connectivity index (χ3v) is 6.25. The summed E-state index contributed by atoms with van der Waals surface area (Å²) in [5.41, 5.74) is 1.50. The van der Waals surface area contributed by atoms with Gasteiger partial charge < -0.3 is 9.64 Å². The number of halogens is 1. The number of nitrogens with zero attached hydrogens (tertiary/aromatic N) is 3. The minimum atomic E-state index is -4.15. The Morgan fingerprint density at radius 1 is 1.43 bits per heavy atom. The van der Waals surface area contributed by atoms with Crippen LogP contribution in [-0.2, 0) is 14.9 Å². The Kier molecular flexibility index (Phi) is 6.06. The normalized spacial score (nSPS) is 22.8. The van der Waals surface area contributed by atoms with E-state index >= 15 is 0 Å². The molecule has 10 heteroatoms. The average molecular weight is 437 g/mol. The molecule has 2 fully saturated rings. The zero-order chi connectivity index (χ0) is 22.1. The van der Waals surface area contributed by atoms with Crippen LogP contribution in [0.3, 0.4) is 0 Å². The molecule has 1 amide bonds. The third kappa shape index (κ3) is 4.91. The van der Waals surface area contributed by atoms with Crippen molar-refractivity contribution in [3.05, 3.63) is 35.7 Å². The second-order valence-corrected chi connectivity index (χ2v) is 9.75. The van der Waals surface area contributed by atoms with Gasteiger partial charge in [0.1, 0.15) is 11.9 Å². The molecule has 0 aromatic heterocycles. The van der Waals surface area contributed by atoms with E-state index in [1.807, 2.05) is 18.7 Å². The number of nitriles is 1. The molecule has 2 saturated heterocycles. The van der Waals surface area contributed by atoms with Crippen molar-refractivity contribution in [2.45, 2.75) is 32.8 Å². The summed E-state index contributed by atoms with van der Waals surface area (Å²) in [6, 6.07) is 6.56. The third-order valence-electron chi connectivity index (χ3n) is 5.50.